The molecule has 4 nitrogen and oxygen atoms in total. The predicted molar refractivity (Wildman–Crippen MR) is 57.9 cm³/mol. The Labute approximate surface area is 99.5 Å². The minimum atomic E-state index is -0.307. The number of benzene rings is 1. The molecule has 0 fully saturated rings. The minimum Gasteiger partial charge on any atom is -0.247 e. The van der Waals surface area contributed by atoms with Crippen molar-refractivity contribution in [3.8, 4) is 6.07 Å². The smallest absolute Gasteiger partial charge is 0.247 e. The van der Waals surface area contributed by atoms with Gasteiger partial charge in [-0.3, -0.25) is 0 Å². The van der Waals surface area contributed by atoms with Crippen LogP contribution in [0, 0.1) is 17.1 Å². The van der Waals surface area contributed by atoms with Crippen LogP contribution in [-0.2, 0) is 6.54 Å². The fraction of sp³-hybridized carbons (Fsp3) is 0.100. The predicted octanol–water partition coefficient (Wildman–Crippen LogP) is 2.10. The lowest BCUT2D eigenvalue weighted by molar-refractivity contribution is 0.618. The third-order valence-electron chi connectivity index (χ3n) is 1.98. The van der Waals surface area contributed by atoms with Crippen molar-refractivity contribution in [2.75, 3.05) is 0 Å². The van der Waals surface area contributed by atoms with Gasteiger partial charge in [-0.05, 0) is 23.8 Å². The zero-order valence-corrected chi connectivity index (χ0v) is 9.65. The summed E-state index contributed by atoms with van der Waals surface area (Å²) in [5, 5.41) is 12.5. The van der Waals surface area contributed by atoms with Crippen molar-refractivity contribution in [2.45, 2.75) is 6.54 Å². The summed E-state index contributed by atoms with van der Waals surface area (Å²) in [5.74, 6) is -0.202. The Morgan fingerprint density at radius 3 is 3.00 bits per heavy atom. The van der Waals surface area contributed by atoms with Crippen LogP contribution in [0.5, 0.6) is 0 Å². The standard InChI is InChI=1S/C10H6BrFN4/c11-9-2-1-8(12)3-7(9)5-16-6-14-10(4-13)15-16/h1-3,6H,5H2. The highest BCUT2D eigenvalue weighted by atomic mass is 79.9. The highest BCUT2D eigenvalue weighted by molar-refractivity contribution is 9.10. The van der Waals surface area contributed by atoms with Gasteiger partial charge in [0.25, 0.3) is 5.82 Å². The molecule has 6 heteroatoms. The topological polar surface area (TPSA) is 54.5 Å². The van der Waals surface area contributed by atoms with Gasteiger partial charge in [0.05, 0.1) is 6.54 Å². The van der Waals surface area contributed by atoms with E-state index in [4.69, 9.17) is 5.26 Å². The molecular weight excluding hydrogens is 275 g/mol. The molecule has 1 aromatic carbocycles. The summed E-state index contributed by atoms with van der Waals surface area (Å²) in [5.41, 5.74) is 0.745. The second-order valence-corrected chi connectivity index (χ2v) is 3.97. The Bertz CT molecular complexity index is 558. The van der Waals surface area contributed by atoms with Gasteiger partial charge >= 0.3 is 0 Å². The van der Waals surface area contributed by atoms with Gasteiger partial charge in [0.2, 0.25) is 0 Å². The number of nitrogens with zero attached hydrogens (tertiary/aromatic N) is 4. The first-order valence-corrected chi connectivity index (χ1v) is 5.22. The van der Waals surface area contributed by atoms with Gasteiger partial charge in [-0.1, -0.05) is 15.9 Å². The van der Waals surface area contributed by atoms with Crippen LogP contribution in [0.15, 0.2) is 29.0 Å². The van der Waals surface area contributed by atoms with Crippen LogP contribution in [0.25, 0.3) is 0 Å². The van der Waals surface area contributed by atoms with Gasteiger partial charge in [-0.25, -0.2) is 14.1 Å². The van der Waals surface area contributed by atoms with E-state index in [1.165, 1.54) is 23.1 Å². The SMILES string of the molecule is N#Cc1ncn(Cc2cc(F)ccc2Br)n1. The average molecular weight is 281 g/mol. The zero-order chi connectivity index (χ0) is 11.5. The summed E-state index contributed by atoms with van der Waals surface area (Å²) in [6.07, 6.45) is 1.44. The number of hydrogen-bond donors (Lipinski definition) is 0. The van der Waals surface area contributed by atoms with Crippen molar-refractivity contribution in [1.82, 2.24) is 14.8 Å². The van der Waals surface area contributed by atoms with E-state index >= 15 is 0 Å². The second-order valence-electron chi connectivity index (χ2n) is 3.11. The second kappa shape index (κ2) is 4.41. The van der Waals surface area contributed by atoms with Crippen LogP contribution >= 0.6 is 15.9 Å². The van der Waals surface area contributed by atoms with E-state index in [1.807, 2.05) is 6.07 Å². The molecular formula is C10H6BrFN4. The lowest BCUT2D eigenvalue weighted by Gasteiger charge is -2.03. The van der Waals surface area contributed by atoms with E-state index in [1.54, 1.807) is 6.07 Å². The maximum Gasteiger partial charge on any atom is 0.252 e. The molecule has 0 saturated carbocycles. The summed E-state index contributed by atoms with van der Waals surface area (Å²) in [6, 6.07) is 6.25. The molecule has 0 N–H and O–H groups in total. The number of hydrogen-bond acceptors (Lipinski definition) is 3. The van der Waals surface area contributed by atoms with E-state index < -0.39 is 0 Å². The van der Waals surface area contributed by atoms with E-state index in [0.29, 0.717) is 6.54 Å². The molecule has 0 aliphatic rings. The minimum absolute atomic E-state index is 0.104. The molecule has 2 aromatic rings. The number of aromatic nitrogens is 3. The Morgan fingerprint density at radius 2 is 2.31 bits per heavy atom. The van der Waals surface area contributed by atoms with Crippen molar-refractivity contribution in [3.63, 3.8) is 0 Å². The van der Waals surface area contributed by atoms with Crippen LogP contribution in [0.4, 0.5) is 4.39 Å². The fourth-order valence-corrected chi connectivity index (χ4v) is 1.63. The Kier molecular flexibility index (Phi) is 2.97. The highest BCUT2D eigenvalue weighted by Crippen LogP contribution is 2.18. The molecule has 0 bridgehead atoms. The third-order valence-corrected chi connectivity index (χ3v) is 2.75. The van der Waals surface area contributed by atoms with Crippen molar-refractivity contribution in [1.29, 1.82) is 5.26 Å². The highest BCUT2D eigenvalue weighted by Gasteiger charge is 2.05. The van der Waals surface area contributed by atoms with E-state index in [0.717, 1.165) is 10.0 Å². The molecule has 0 aliphatic carbocycles. The van der Waals surface area contributed by atoms with Gasteiger partial charge in [0.1, 0.15) is 18.2 Å². The summed E-state index contributed by atoms with van der Waals surface area (Å²) in [7, 11) is 0. The molecule has 0 unspecified atom stereocenters. The first-order valence-electron chi connectivity index (χ1n) is 4.42. The average Bonchev–Trinajstić information content (AvgIpc) is 2.71. The van der Waals surface area contributed by atoms with E-state index in [-0.39, 0.29) is 11.6 Å². The monoisotopic (exact) mass is 280 g/mol. The largest absolute Gasteiger partial charge is 0.252 e. The van der Waals surface area contributed by atoms with Crippen LogP contribution in [0.1, 0.15) is 11.4 Å². The first kappa shape index (κ1) is 10.8. The lowest BCUT2D eigenvalue weighted by Crippen LogP contribution is -2.01. The zero-order valence-electron chi connectivity index (χ0n) is 8.06. The molecule has 0 atom stereocenters. The summed E-state index contributed by atoms with van der Waals surface area (Å²) >= 11 is 3.32. The van der Waals surface area contributed by atoms with Crippen molar-refractivity contribution < 1.29 is 4.39 Å². The molecule has 0 amide bonds. The van der Waals surface area contributed by atoms with Gasteiger partial charge in [-0.2, -0.15) is 5.26 Å². The summed E-state index contributed by atoms with van der Waals surface area (Å²) < 4.78 is 15.3. The van der Waals surface area contributed by atoms with Crippen LogP contribution < -0.4 is 0 Å². The maximum absolute atomic E-state index is 13.0. The van der Waals surface area contributed by atoms with Gasteiger partial charge in [-0.15, -0.1) is 5.10 Å². The third kappa shape index (κ3) is 2.25. The van der Waals surface area contributed by atoms with Crippen LogP contribution in [0.3, 0.4) is 0 Å². The van der Waals surface area contributed by atoms with E-state index in [9.17, 15) is 4.39 Å². The van der Waals surface area contributed by atoms with Gasteiger partial charge in [0.15, 0.2) is 0 Å². The molecule has 0 aliphatic heterocycles. The lowest BCUT2D eigenvalue weighted by atomic mass is 10.2. The molecule has 1 heterocycles. The normalized spacial score (nSPS) is 10.1. The number of rotatable bonds is 2. The summed E-state index contributed by atoms with van der Waals surface area (Å²) in [6.45, 7) is 0.368. The Hall–Kier alpha value is -1.74. The molecule has 80 valence electrons. The Balaban J connectivity index is 2.27. The summed E-state index contributed by atoms with van der Waals surface area (Å²) in [4.78, 5) is 3.76. The molecule has 2 rings (SSSR count). The van der Waals surface area contributed by atoms with Crippen LogP contribution in [-0.4, -0.2) is 14.8 Å². The van der Waals surface area contributed by atoms with Crippen molar-refractivity contribution in [3.05, 3.63) is 46.2 Å². The molecule has 0 saturated heterocycles. The molecule has 0 spiro atoms. The fourth-order valence-electron chi connectivity index (χ4n) is 1.26. The molecule has 16 heavy (non-hydrogen) atoms. The molecule has 0 radical (unpaired) electrons. The number of nitriles is 1. The van der Waals surface area contributed by atoms with Crippen LogP contribution in [0.2, 0.25) is 0 Å². The van der Waals surface area contributed by atoms with E-state index in [2.05, 4.69) is 26.0 Å². The quantitative estimate of drug-likeness (QED) is 0.847. The van der Waals surface area contributed by atoms with Crippen molar-refractivity contribution in [2.24, 2.45) is 0 Å². The van der Waals surface area contributed by atoms with Gasteiger partial charge in [0, 0.05) is 4.47 Å². The first-order chi connectivity index (χ1) is 7.69. The molecule has 1 aromatic heterocycles. The Morgan fingerprint density at radius 1 is 1.50 bits per heavy atom. The van der Waals surface area contributed by atoms with Crippen molar-refractivity contribution >= 4 is 15.9 Å². The number of halogens is 2. The maximum atomic E-state index is 13.0. The van der Waals surface area contributed by atoms with Gasteiger partial charge < -0.3 is 0 Å².